The Labute approximate surface area is 274 Å². The van der Waals surface area contributed by atoms with Crippen molar-refractivity contribution in [2.75, 3.05) is 24.4 Å². The van der Waals surface area contributed by atoms with Crippen LogP contribution in [0.1, 0.15) is 114 Å². The van der Waals surface area contributed by atoms with Crippen LogP contribution in [-0.4, -0.2) is 35.7 Å². The highest BCUT2D eigenvalue weighted by Gasteiger charge is 2.16. The van der Waals surface area contributed by atoms with Gasteiger partial charge in [0.15, 0.2) is 12.4 Å². The number of ether oxygens (including phenoxy) is 2. The number of carbonyl (C=O) groups excluding carboxylic acids is 2. The lowest BCUT2D eigenvalue weighted by Crippen LogP contribution is -2.23. The highest BCUT2D eigenvalue weighted by atomic mass is 79.9. The van der Waals surface area contributed by atoms with Crippen LogP contribution in [0.3, 0.4) is 0 Å². The second-order valence-electron chi connectivity index (χ2n) is 11.2. The maximum atomic E-state index is 12.7. The van der Waals surface area contributed by atoms with Gasteiger partial charge in [-0.15, -0.1) is 28.7 Å². The number of nitrogens with one attached hydrogen (secondary N) is 1. The summed E-state index contributed by atoms with van der Waals surface area (Å²) in [5.74, 6) is 1.61. The average molecular weight is 676 g/mol. The lowest BCUT2D eigenvalue weighted by Gasteiger charge is -2.21. The maximum absolute atomic E-state index is 12.7. The van der Waals surface area contributed by atoms with E-state index >= 15 is 0 Å². The molecule has 0 spiro atoms. The smallest absolute Gasteiger partial charge is 0.262 e. The summed E-state index contributed by atoms with van der Waals surface area (Å²) >= 11 is 1.77. The van der Waals surface area contributed by atoms with Crippen molar-refractivity contribution in [3.05, 3.63) is 64.7 Å². The molecule has 1 aliphatic rings. The van der Waals surface area contributed by atoms with E-state index in [1.54, 1.807) is 30.0 Å². The van der Waals surface area contributed by atoms with Crippen molar-refractivity contribution in [1.82, 2.24) is 4.90 Å². The van der Waals surface area contributed by atoms with E-state index < -0.39 is 0 Å². The number of hydrogen-bond donors (Lipinski definition) is 1. The van der Waals surface area contributed by atoms with Crippen LogP contribution < -0.4 is 14.8 Å². The molecule has 1 amide bonds. The highest BCUT2D eigenvalue weighted by Crippen LogP contribution is 2.28. The molecule has 6 nitrogen and oxygen atoms in total. The quantitative estimate of drug-likeness (QED) is 0.105. The Hall–Kier alpha value is -2.45. The summed E-state index contributed by atoms with van der Waals surface area (Å²) < 4.78 is 11.7. The van der Waals surface area contributed by atoms with Crippen LogP contribution in [0.2, 0.25) is 0 Å². The summed E-state index contributed by atoms with van der Waals surface area (Å²) in [6.45, 7) is 7.05. The summed E-state index contributed by atoms with van der Waals surface area (Å²) in [6, 6.07) is 13.0. The SMILES string of the molecule is Br.CCCCCCCCCCCCCCOc1ccc(OCC(=O)Nc2ccccc2CN2CSC=C2C)cc1C(C)=O. The molecule has 3 rings (SSSR count). The number of unbranched alkanes of at least 4 members (excludes halogenated alkanes) is 11. The Balaban J connectivity index is 0.00000645. The number of hydrogen-bond acceptors (Lipinski definition) is 6. The minimum absolute atomic E-state index is 0. The third kappa shape index (κ3) is 13.8. The van der Waals surface area contributed by atoms with E-state index in [0.717, 1.165) is 36.5 Å². The fourth-order valence-electron chi connectivity index (χ4n) is 5.04. The standard InChI is InChI=1S/C35H50N2O4S.BrH/c1-4-5-6-7-8-9-10-11-12-13-14-17-22-40-34-21-20-31(23-32(34)29(3)38)41-25-35(39)36-33-19-16-15-18-30(33)24-37-27-42-26-28(37)2;/h15-16,18-21,23,26H,4-14,17,22,24-25,27H2,1-3H3,(H,36,39);1H. The fourth-order valence-corrected chi connectivity index (χ4v) is 5.98. The first-order valence-corrected chi connectivity index (χ1v) is 16.8. The minimum Gasteiger partial charge on any atom is -0.493 e. The molecule has 2 aromatic carbocycles. The van der Waals surface area contributed by atoms with E-state index in [1.165, 1.54) is 76.8 Å². The molecule has 0 aliphatic carbocycles. The molecule has 0 saturated heterocycles. The van der Waals surface area contributed by atoms with E-state index in [2.05, 4.69) is 29.5 Å². The minimum atomic E-state index is -0.248. The summed E-state index contributed by atoms with van der Waals surface area (Å²) in [4.78, 5) is 27.3. The van der Waals surface area contributed by atoms with Gasteiger partial charge < -0.3 is 19.7 Å². The zero-order valence-electron chi connectivity index (χ0n) is 26.3. The number of nitrogens with zero attached hydrogens (tertiary/aromatic N) is 1. The monoisotopic (exact) mass is 674 g/mol. The van der Waals surface area contributed by atoms with Crippen LogP contribution >= 0.6 is 28.7 Å². The number of rotatable bonds is 21. The molecule has 1 N–H and O–H groups in total. The van der Waals surface area contributed by atoms with Gasteiger partial charge in [0.1, 0.15) is 11.5 Å². The molecule has 1 aliphatic heterocycles. The number of ketones is 1. The third-order valence-corrected chi connectivity index (χ3v) is 8.56. The van der Waals surface area contributed by atoms with Gasteiger partial charge in [-0.25, -0.2) is 0 Å². The van der Waals surface area contributed by atoms with E-state index in [9.17, 15) is 9.59 Å². The number of carbonyl (C=O) groups is 2. The number of thioether (sulfide) groups is 1. The van der Waals surface area contributed by atoms with Crippen molar-refractivity contribution in [2.45, 2.75) is 104 Å². The van der Waals surface area contributed by atoms with Gasteiger partial charge in [-0.3, -0.25) is 9.59 Å². The van der Waals surface area contributed by atoms with Gasteiger partial charge in [0.25, 0.3) is 5.91 Å². The maximum Gasteiger partial charge on any atom is 0.262 e. The fraction of sp³-hybridized carbons (Fsp3) is 0.543. The van der Waals surface area contributed by atoms with Crippen LogP contribution in [0.5, 0.6) is 11.5 Å². The molecule has 0 unspecified atom stereocenters. The van der Waals surface area contributed by atoms with Crippen LogP contribution in [0.15, 0.2) is 53.6 Å². The molecule has 0 bridgehead atoms. The summed E-state index contributed by atoms with van der Waals surface area (Å²) in [6.07, 6.45) is 15.5. The Morgan fingerprint density at radius 3 is 2.16 bits per heavy atom. The molecule has 238 valence electrons. The average Bonchev–Trinajstić information content (AvgIpc) is 3.39. The van der Waals surface area contributed by atoms with E-state index in [0.29, 0.717) is 23.7 Å². The van der Waals surface area contributed by atoms with Crippen LogP contribution in [0.4, 0.5) is 5.69 Å². The van der Waals surface area contributed by atoms with Crippen molar-refractivity contribution in [3.63, 3.8) is 0 Å². The van der Waals surface area contributed by atoms with Crippen LogP contribution in [0.25, 0.3) is 0 Å². The zero-order valence-corrected chi connectivity index (χ0v) is 28.9. The normalized spacial score (nSPS) is 12.4. The lowest BCUT2D eigenvalue weighted by molar-refractivity contribution is -0.118. The third-order valence-electron chi connectivity index (χ3n) is 7.59. The predicted molar refractivity (Wildman–Crippen MR) is 186 cm³/mol. The van der Waals surface area contributed by atoms with Gasteiger partial charge in [0.05, 0.1) is 18.0 Å². The Bertz CT molecular complexity index is 1160. The largest absolute Gasteiger partial charge is 0.493 e. The van der Waals surface area contributed by atoms with Gasteiger partial charge in [-0.2, -0.15) is 0 Å². The molecule has 0 aromatic heterocycles. The van der Waals surface area contributed by atoms with Crippen molar-refractivity contribution in [2.24, 2.45) is 0 Å². The number of para-hydroxylation sites is 1. The van der Waals surface area contributed by atoms with Crippen molar-refractivity contribution in [3.8, 4) is 11.5 Å². The molecule has 0 fully saturated rings. The van der Waals surface area contributed by atoms with Crippen LogP contribution in [0, 0.1) is 0 Å². The molecule has 0 saturated carbocycles. The molecule has 2 aromatic rings. The lowest BCUT2D eigenvalue weighted by atomic mass is 10.1. The van der Waals surface area contributed by atoms with Crippen molar-refractivity contribution < 1.29 is 19.1 Å². The molecule has 1 heterocycles. The summed E-state index contributed by atoms with van der Waals surface area (Å²) in [7, 11) is 0. The van der Waals surface area contributed by atoms with Crippen LogP contribution in [-0.2, 0) is 11.3 Å². The number of allylic oxidation sites excluding steroid dienone is 1. The number of anilines is 1. The Morgan fingerprint density at radius 2 is 1.53 bits per heavy atom. The van der Waals surface area contributed by atoms with Crippen molar-refractivity contribution >= 4 is 46.1 Å². The highest BCUT2D eigenvalue weighted by molar-refractivity contribution is 8.93. The molecular formula is C35H51BrN2O4S. The molecular weight excluding hydrogens is 624 g/mol. The topological polar surface area (TPSA) is 67.9 Å². The summed E-state index contributed by atoms with van der Waals surface area (Å²) in [5.41, 5.74) is 3.53. The number of Topliss-reactive ketones (excluding diaryl/α,β-unsaturated/α-hetero) is 1. The first-order valence-electron chi connectivity index (χ1n) is 15.8. The number of benzene rings is 2. The second kappa shape index (κ2) is 21.3. The van der Waals surface area contributed by atoms with E-state index in [4.69, 9.17) is 9.47 Å². The van der Waals surface area contributed by atoms with Gasteiger partial charge in [0.2, 0.25) is 0 Å². The molecule has 0 radical (unpaired) electrons. The Morgan fingerprint density at radius 1 is 0.884 bits per heavy atom. The molecule has 43 heavy (non-hydrogen) atoms. The Kier molecular flexibility index (Phi) is 18.2. The number of amides is 1. The molecule has 0 atom stereocenters. The van der Waals surface area contributed by atoms with Gasteiger partial charge in [0, 0.05) is 17.9 Å². The number of halogens is 1. The van der Waals surface area contributed by atoms with Gasteiger partial charge >= 0.3 is 0 Å². The van der Waals surface area contributed by atoms with E-state index in [-0.39, 0.29) is 35.3 Å². The summed E-state index contributed by atoms with van der Waals surface area (Å²) in [5, 5.41) is 5.13. The van der Waals surface area contributed by atoms with Crippen molar-refractivity contribution in [1.29, 1.82) is 0 Å². The zero-order chi connectivity index (χ0) is 30.0. The second-order valence-corrected chi connectivity index (χ2v) is 12.0. The first kappa shape index (κ1) is 36.7. The molecule has 8 heteroatoms. The van der Waals surface area contributed by atoms with E-state index in [1.807, 2.05) is 24.3 Å². The van der Waals surface area contributed by atoms with Gasteiger partial charge in [-0.05, 0) is 55.5 Å². The predicted octanol–water partition coefficient (Wildman–Crippen LogP) is 9.93. The van der Waals surface area contributed by atoms with Gasteiger partial charge in [-0.1, -0.05) is 95.8 Å². The first-order chi connectivity index (χ1) is 20.5.